The van der Waals surface area contributed by atoms with Crippen LogP contribution in [0.2, 0.25) is 0 Å². The van der Waals surface area contributed by atoms with Gasteiger partial charge in [-0.15, -0.1) is 0 Å². The lowest BCUT2D eigenvalue weighted by atomic mass is 10.1. The Hall–Kier alpha value is -0.570. The molecule has 1 amide bonds. The van der Waals surface area contributed by atoms with Crippen LogP contribution < -0.4 is 0 Å². The molecule has 0 radical (unpaired) electrons. The van der Waals surface area contributed by atoms with Gasteiger partial charge in [0.05, 0.1) is 6.10 Å². The van der Waals surface area contributed by atoms with Crippen LogP contribution in [-0.4, -0.2) is 35.1 Å². The molecular weight excluding hydrogens is 166 g/mol. The lowest BCUT2D eigenvalue weighted by molar-refractivity contribution is -0.128. The number of aliphatic hydroxyl groups is 1. The molecule has 0 spiro atoms. The molecule has 2 atom stereocenters. The summed E-state index contributed by atoms with van der Waals surface area (Å²) in [5, 5.41) is 9.34. The number of nitrogens with zero attached hydrogens (tertiary/aromatic N) is 1. The Morgan fingerprint density at radius 2 is 2.31 bits per heavy atom. The Bertz CT molecular complexity index is 205. The van der Waals surface area contributed by atoms with Crippen molar-refractivity contribution in [3.8, 4) is 0 Å². The maximum Gasteiger partial charge on any atom is 0.222 e. The van der Waals surface area contributed by atoms with Gasteiger partial charge in [0.25, 0.3) is 0 Å². The second-order valence-electron chi connectivity index (χ2n) is 4.28. The zero-order valence-electron chi connectivity index (χ0n) is 7.91. The van der Waals surface area contributed by atoms with Crippen molar-refractivity contribution in [2.45, 2.75) is 38.2 Å². The van der Waals surface area contributed by atoms with Crippen LogP contribution in [0.25, 0.3) is 0 Å². The third kappa shape index (κ3) is 2.02. The van der Waals surface area contributed by atoms with E-state index < -0.39 is 0 Å². The van der Waals surface area contributed by atoms with Crippen molar-refractivity contribution in [1.82, 2.24) is 4.90 Å². The normalized spacial score (nSPS) is 34.5. The fourth-order valence-corrected chi connectivity index (χ4v) is 2.42. The molecule has 2 rings (SSSR count). The van der Waals surface area contributed by atoms with E-state index in [1.54, 1.807) is 0 Å². The van der Waals surface area contributed by atoms with Crippen LogP contribution >= 0.6 is 0 Å². The van der Waals surface area contributed by atoms with Crippen LogP contribution in [0.4, 0.5) is 0 Å². The second-order valence-corrected chi connectivity index (χ2v) is 4.28. The average Bonchev–Trinajstić information content (AvgIpc) is 2.64. The van der Waals surface area contributed by atoms with E-state index in [2.05, 4.69) is 0 Å². The molecule has 0 aromatic rings. The second kappa shape index (κ2) is 3.66. The van der Waals surface area contributed by atoms with Crippen LogP contribution in [0.15, 0.2) is 0 Å². The number of hydrogen-bond acceptors (Lipinski definition) is 2. The summed E-state index contributed by atoms with van der Waals surface area (Å²) in [5.41, 5.74) is 0. The standard InChI is InChI=1S/C10H17NO2/c12-9-4-3-8(6-9)7-11-5-1-2-10(11)13/h8-9,12H,1-7H2. The van der Waals surface area contributed by atoms with Gasteiger partial charge in [0.2, 0.25) is 5.91 Å². The van der Waals surface area contributed by atoms with Gasteiger partial charge in [0.1, 0.15) is 0 Å². The maximum atomic E-state index is 11.3. The minimum atomic E-state index is -0.109. The smallest absolute Gasteiger partial charge is 0.222 e. The van der Waals surface area contributed by atoms with E-state index in [-0.39, 0.29) is 6.10 Å². The Kier molecular flexibility index (Phi) is 2.54. The molecule has 2 fully saturated rings. The van der Waals surface area contributed by atoms with Gasteiger partial charge < -0.3 is 10.0 Å². The van der Waals surface area contributed by atoms with E-state index in [9.17, 15) is 9.90 Å². The van der Waals surface area contributed by atoms with E-state index in [4.69, 9.17) is 0 Å². The molecule has 1 saturated heterocycles. The zero-order chi connectivity index (χ0) is 9.26. The Morgan fingerprint density at radius 3 is 2.85 bits per heavy atom. The van der Waals surface area contributed by atoms with Gasteiger partial charge in [-0.25, -0.2) is 0 Å². The van der Waals surface area contributed by atoms with Crippen LogP contribution in [0.5, 0.6) is 0 Å². The molecule has 0 aromatic heterocycles. The van der Waals surface area contributed by atoms with E-state index >= 15 is 0 Å². The number of carbonyl (C=O) groups excluding carboxylic acids is 1. The van der Waals surface area contributed by atoms with Crippen molar-refractivity contribution in [2.75, 3.05) is 13.1 Å². The summed E-state index contributed by atoms with van der Waals surface area (Å²) < 4.78 is 0. The number of hydrogen-bond donors (Lipinski definition) is 1. The summed E-state index contributed by atoms with van der Waals surface area (Å²) in [6.07, 6.45) is 4.55. The Labute approximate surface area is 78.7 Å². The first-order valence-electron chi connectivity index (χ1n) is 5.21. The predicted molar refractivity (Wildman–Crippen MR) is 49.2 cm³/mol. The molecule has 13 heavy (non-hydrogen) atoms. The predicted octanol–water partition coefficient (Wildman–Crippen LogP) is 0.770. The van der Waals surface area contributed by atoms with Gasteiger partial charge in [0, 0.05) is 19.5 Å². The van der Waals surface area contributed by atoms with Crippen LogP contribution in [0.3, 0.4) is 0 Å². The molecule has 3 nitrogen and oxygen atoms in total. The highest BCUT2D eigenvalue weighted by Crippen LogP contribution is 2.27. The molecule has 0 aromatic carbocycles. The molecule has 1 aliphatic heterocycles. The topological polar surface area (TPSA) is 40.5 Å². The summed E-state index contributed by atoms with van der Waals surface area (Å²) in [7, 11) is 0. The van der Waals surface area contributed by atoms with E-state index in [1.165, 1.54) is 0 Å². The van der Waals surface area contributed by atoms with E-state index in [0.29, 0.717) is 11.8 Å². The van der Waals surface area contributed by atoms with Crippen molar-refractivity contribution >= 4 is 5.91 Å². The van der Waals surface area contributed by atoms with Crippen LogP contribution in [0, 0.1) is 5.92 Å². The maximum absolute atomic E-state index is 11.3. The average molecular weight is 183 g/mol. The van der Waals surface area contributed by atoms with Gasteiger partial charge in [-0.2, -0.15) is 0 Å². The van der Waals surface area contributed by atoms with Crippen molar-refractivity contribution in [1.29, 1.82) is 0 Å². The van der Waals surface area contributed by atoms with Crippen molar-refractivity contribution in [3.63, 3.8) is 0 Å². The van der Waals surface area contributed by atoms with Crippen molar-refractivity contribution in [3.05, 3.63) is 0 Å². The summed E-state index contributed by atoms with van der Waals surface area (Å²) in [4.78, 5) is 13.3. The van der Waals surface area contributed by atoms with Gasteiger partial charge in [-0.1, -0.05) is 0 Å². The highest BCUT2D eigenvalue weighted by molar-refractivity contribution is 5.78. The molecule has 1 aliphatic carbocycles. The number of amides is 1. The van der Waals surface area contributed by atoms with E-state index in [1.807, 2.05) is 4.90 Å². The Morgan fingerprint density at radius 1 is 1.46 bits per heavy atom. The molecular formula is C10H17NO2. The summed E-state index contributed by atoms with van der Waals surface area (Å²) in [5.74, 6) is 0.860. The number of carbonyl (C=O) groups is 1. The third-order valence-corrected chi connectivity index (χ3v) is 3.16. The molecule has 1 heterocycles. The van der Waals surface area contributed by atoms with Crippen LogP contribution in [-0.2, 0) is 4.79 Å². The summed E-state index contributed by atoms with van der Waals surface area (Å²) >= 11 is 0. The van der Waals surface area contributed by atoms with Gasteiger partial charge in [-0.3, -0.25) is 4.79 Å². The lowest BCUT2D eigenvalue weighted by Gasteiger charge is -2.19. The highest BCUT2D eigenvalue weighted by Gasteiger charge is 2.28. The first-order valence-corrected chi connectivity index (χ1v) is 5.21. The van der Waals surface area contributed by atoms with Crippen molar-refractivity contribution in [2.24, 2.45) is 5.92 Å². The Balaban J connectivity index is 1.81. The molecule has 2 aliphatic rings. The fraction of sp³-hybridized carbons (Fsp3) is 0.900. The van der Waals surface area contributed by atoms with E-state index in [0.717, 1.165) is 45.2 Å². The molecule has 1 saturated carbocycles. The van der Waals surface area contributed by atoms with Gasteiger partial charge in [-0.05, 0) is 31.6 Å². The summed E-state index contributed by atoms with van der Waals surface area (Å²) in [6.45, 7) is 1.82. The SMILES string of the molecule is O=C1CCCN1CC1CCC(O)C1. The number of likely N-dealkylation sites (tertiary alicyclic amines) is 1. The minimum absolute atomic E-state index is 0.109. The lowest BCUT2D eigenvalue weighted by Crippen LogP contribution is -2.29. The molecule has 3 heteroatoms. The van der Waals surface area contributed by atoms with Gasteiger partial charge >= 0.3 is 0 Å². The minimum Gasteiger partial charge on any atom is -0.393 e. The monoisotopic (exact) mass is 183 g/mol. The first kappa shape index (κ1) is 9.00. The number of aliphatic hydroxyl groups excluding tert-OH is 1. The first-order chi connectivity index (χ1) is 6.25. The molecule has 2 unspecified atom stereocenters. The largest absolute Gasteiger partial charge is 0.393 e. The van der Waals surface area contributed by atoms with Gasteiger partial charge in [0.15, 0.2) is 0 Å². The third-order valence-electron chi connectivity index (χ3n) is 3.16. The molecule has 0 bridgehead atoms. The molecule has 74 valence electrons. The highest BCUT2D eigenvalue weighted by atomic mass is 16.3. The molecule has 1 N–H and O–H groups in total. The number of rotatable bonds is 2. The quantitative estimate of drug-likeness (QED) is 0.687. The summed E-state index contributed by atoms with van der Waals surface area (Å²) in [6, 6.07) is 0. The van der Waals surface area contributed by atoms with Crippen LogP contribution in [0.1, 0.15) is 32.1 Å². The fourth-order valence-electron chi connectivity index (χ4n) is 2.42. The van der Waals surface area contributed by atoms with Crippen molar-refractivity contribution < 1.29 is 9.90 Å². The zero-order valence-corrected chi connectivity index (χ0v) is 7.91.